The number of hydrogen-bond acceptors (Lipinski definition) is 5. The van der Waals surface area contributed by atoms with Gasteiger partial charge in [0.05, 0.1) is 12.8 Å². The standard InChI is InChI=1S/C18H29N3O2/c1-3-20-8-10-21(11-9-20)7-4-5-15-13-16-18(17(14-15)22-2)23-12-6-19-16/h13-14,19H,3-12H2,1-2H3. The van der Waals surface area contributed by atoms with E-state index in [4.69, 9.17) is 9.47 Å². The van der Waals surface area contributed by atoms with Gasteiger partial charge in [0.25, 0.3) is 0 Å². The van der Waals surface area contributed by atoms with E-state index in [1.807, 2.05) is 0 Å². The maximum Gasteiger partial charge on any atom is 0.184 e. The van der Waals surface area contributed by atoms with Gasteiger partial charge in [-0.3, -0.25) is 0 Å². The van der Waals surface area contributed by atoms with Crippen LogP contribution in [0.25, 0.3) is 0 Å². The lowest BCUT2D eigenvalue weighted by Crippen LogP contribution is -2.46. The molecule has 1 aromatic rings. The average molecular weight is 319 g/mol. The van der Waals surface area contributed by atoms with Crippen molar-refractivity contribution in [2.45, 2.75) is 19.8 Å². The van der Waals surface area contributed by atoms with Crippen LogP contribution in [0.1, 0.15) is 18.9 Å². The number of piperazine rings is 1. The van der Waals surface area contributed by atoms with E-state index < -0.39 is 0 Å². The van der Waals surface area contributed by atoms with Crippen molar-refractivity contribution in [1.82, 2.24) is 9.80 Å². The number of fused-ring (bicyclic) bond motifs is 1. The lowest BCUT2D eigenvalue weighted by Gasteiger charge is -2.34. The summed E-state index contributed by atoms with van der Waals surface area (Å²) in [5.74, 6) is 1.71. The molecule has 2 aliphatic rings. The number of nitrogens with one attached hydrogen (secondary N) is 1. The predicted molar refractivity (Wildman–Crippen MR) is 93.9 cm³/mol. The minimum absolute atomic E-state index is 0.701. The van der Waals surface area contributed by atoms with Gasteiger partial charge in [0.2, 0.25) is 0 Å². The molecule has 0 bridgehead atoms. The van der Waals surface area contributed by atoms with Crippen LogP contribution in [-0.2, 0) is 6.42 Å². The summed E-state index contributed by atoms with van der Waals surface area (Å²) in [7, 11) is 1.71. The van der Waals surface area contributed by atoms with Gasteiger partial charge in [-0.05, 0) is 43.6 Å². The number of benzene rings is 1. The number of anilines is 1. The van der Waals surface area contributed by atoms with Gasteiger partial charge >= 0.3 is 0 Å². The summed E-state index contributed by atoms with van der Waals surface area (Å²) in [5, 5.41) is 3.41. The lowest BCUT2D eigenvalue weighted by atomic mass is 10.1. The van der Waals surface area contributed by atoms with Crippen molar-refractivity contribution in [3.8, 4) is 11.5 Å². The molecule has 2 heterocycles. The van der Waals surface area contributed by atoms with Crippen molar-refractivity contribution in [1.29, 1.82) is 0 Å². The summed E-state index contributed by atoms with van der Waals surface area (Å²) in [6, 6.07) is 4.34. The summed E-state index contributed by atoms with van der Waals surface area (Å²) in [5.41, 5.74) is 2.40. The van der Waals surface area contributed by atoms with Gasteiger partial charge in [0.15, 0.2) is 11.5 Å². The number of hydrogen-bond donors (Lipinski definition) is 1. The minimum Gasteiger partial charge on any atom is -0.493 e. The Bertz CT molecular complexity index is 496. The predicted octanol–water partition coefficient (Wildman–Crippen LogP) is 2.07. The maximum atomic E-state index is 5.72. The van der Waals surface area contributed by atoms with Crippen molar-refractivity contribution in [3.05, 3.63) is 17.7 Å². The fourth-order valence-electron chi connectivity index (χ4n) is 3.41. The minimum atomic E-state index is 0.701. The summed E-state index contributed by atoms with van der Waals surface area (Å²) in [6.07, 6.45) is 2.27. The van der Waals surface area contributed by atoms with Crippen molar-refractivity contribution in [2.75, 3.05) is 64.8 Å². The normalized spacial score (nSPS) is 18.9. The van der Waals surface area contributed by atoms with Crippen molar-refractivity contribution >= 4 is 5.69 Å². The molecule has 0 aromatic heterocycles. The molecule has 128 valence electrons. The highest BCUT2D eigenvalue weighted by Gasteiger charge is 2.17. The molecule has 1 saturated heterocycles. The van der Waals surface area contributed by atoms with Gasteiger partial charge in [-0.2, -0.15) is 0 Å². The topological polar surface area (TPSA) is 37.0 Å². The zero-order valence-electron chi connectivity index (χ0n) is 14.4. The lowest BCUT2D eigenvalue weighted by molar-refractivity contribution is 0.136. The molecule has 0 atom stereocenters. The highest BCUT2D eigenvalue weighted by atomic mass is 16.5. The second-order valence-electron chi connectivity index (χ2n) is 6.33. The maximum absolute atomic E-state index is 5.72. The Balaban J connectivity index is 1.52. The van der Waals surface area contributed by atoms with Crippen LogP contribution in [0.2, 0.25) is 0 Å². The Morgan fingerprint density at radius 3 is 2.70 bits per heavy atom. The fraction of sp³-hybridized carbons (Fsp3) is 0.667. The van der Waals surface area contributed by atoms with E-state index in [-0.39, 0.29) is 0 Å². The van der Waals surface area contributed by atoms with E-state index in [0.717, 1.165) is 30.2 Å². The van der Waals surface area contributed by atoms with Crippen LogP contribution in [0, 0.1) is 0 Å². The number of methoxy groups -OCH3 is 1. The highest BCUT2D eigenvalue weighted by molar-refractivity contribution is 5.66. The van der Waals surface area contributed by atoms with Gasteiger partial charge in [-0.25, -0.2) is 0 Å². The molecule has 5 heteroatoms. The van der Waals surface area contributed by atoms with Crippen LogP contribution in [0.4, 0.5) is 5.69 Å². The van der Waals surface area contributed by atoms with E-state index in [0.29, 0.717) is 6.61 Å². The van der Waals surface area contributed by atoms with Gasteiger partial charge in [0, 0.05) is 32.7 Å². The van der Waals surface area contributed by atoms with Crippen LogP contribution in [0.15, 0.2) is 12.1 Å². The van der Waals surface area contributed by atoms with Crippen LogP contribution in [-0.4, -0.2) is 69.3 Å². The molecule has 1 N–H and O–H groups in total. The number of rotatable bonds is 6. The van der Waals surface area contributed by atoms with Crippen LogP contribution in [0.3, 0.4) is 0 Å². The molecule has 3 rings (SSSR count). The molecule has 0 saturated carbocycles. The first-order chi connectivity index (χ1) is 11.3. The summed E-state index contributed by atoms with van der Waals surface area (Å²) >= 11 is 0. The van der Waals surface area contributed by atoms with Crippen LogP contribution in [0.5, 0.6) is 11.5 Å². The smallest absolute Gasteiger partial charge is 0.184 e. The molecule has 2 aliphatic heterocycles. The van der Waals surface area contributed by atoms with E-state index in [2.05, 4.69) is 34.2 Å². The molecule has 0 spiro atoms. The number of ether oxygens (including phenoxy) is 2. The average Bonchev–Trinajstić information content (AvgIpc) is 2.61. The highest BCUT2D eigenvalue weighted by Crippen LogP contribution is 2.38. The monoisotopic (exact) mass is 319 g/mol. The molecule has 0 amide bonds. The Morgan fingerprint density at radius 1 is 1.17 bits per heavy atom. The third-order valence-electron chi connectivity index (χ3n) is 4.85. The Labute approximate surface area is 139 Å². The third kappa shape index (κ3) is 4.09. The Hall–Kier alpha value is -1.46. The molecule has 0 radical (unpaired) electrons. The van der Waals surface area contributed by atoms with Gasteiger partial charge in [-0.1, -0.05) is 6.92 Å². The quantitative estimate of drug-likeness (QED) is 0.869. The fourth-order valence-corrected chi connectivity index (χ4v) is 3.41. The molecular weight excluding hydrogens is 290 g/mol. The second kappa shape index (κ2) is 7.88. The van der Waals surface area contributed by atoms with Crippen molar-refractivity contribution < 1.29 is 9.47 Å². The molecule has 5 nitrogen and oxygen atoms in total. The van der Waals surface area contributed by atoms with E-state index >= 15 is 0 Å². The van der Waals surface area contributed by atoms with Crippen molar-refractivity contribution in [2.24, 2.45) is 0 Å². The van der Waals surface area contributed by atoms with E-state index in [1.165, 1.54) is 51.3 Å². The summed E-state index contributed by atoms with van der Waals surface area (Å²) < 4.78 is 11.2. The second-order valence-corrected chi connectivity index (χ2v) is 6.33. The first-order valence-electron chi connectivity index (χ1n) is 8.82. The zero-order valence-corrected chi connectivity index (χ0v) is 14.4. The molecule has 1 fully saturated rings. The van der Waals surface area contributed by atoms with E-state index in [1.54, 1.807) is 7.11 Å². The molecule has 0 unspecified atom stereocenters. The Morgan fingerprint density at radius 2 is 1.96 bits per heavy atom. The largest absolute Gasteiger partial charge is 0.493 e. The zero-order chi connectivity index (χ0) is 16.1. The van der Waals surface area contributed by atoms with E-state index in [9.17, 15) is 0 Å². The Kier molecular flexibility index (Phi) is 5.62. The molecule has 1 aromatic carbocycles. The third-order valence-corrected chi connectivity index (χ3v) is 4.85. The summed E-state index contributed by atoms with van der Waals surface area (Å²) in [6.45, 7) is 11.0. The SMILES string of the molecule is CCN1CCN(CCCc2cc3c(c(OC)c2)OCCN3)CC1. The molecule has 0 aliphatic carbocycles. The number of nitrogens with zero attached hydrogens (tertiary/aromatic N) is 2. The summed E-state index contributed by atoms with van der Waals surface area (Å²) in [4.78, 5) is 5.11. The van der Waals surface area contributed by atoms with Crippen LogP contribution >= 0.6 is 0 Å². The van der Waals surface area contributed by atoms with Gasteiger partial charge in [-0.15, -0.1) is 0 Å². The van der Waals surface area contributed by atoms with Crippen molar-refractivity contribution in [3.63, 3.8) is 0 Å². The molecule has 23 heavy (non-hydrogen) atoms. The first-order valence-corrected chi connectivity index (χ1v) is 8.82. The number of aryl methyl sites for hydroxylation is 1. The van der Waals surface area contributed by atoms with Gasteiger partial charge in [0.1, 0.15) is 6.61 Å². The first kappa shape index (κ1) is 16.4. The van der Waals surface area contributed by atoms with Crippen LogP contribution < -0.4 is 14.8 Å². The molecular formula is C18H29N3O2. The van der Waals surface area contributed by atoms with Gasteiger partial charge < -0.3 is 24.6 Å². The number of likely N-dealkylation sites (N-methyl/N-ethyl adjacent to an activating group) is 1.